The number of carbonyl (C=O) groups is 1. The van der Waals surface area contributed by atoms with Gasteiger partial charge < -0.3 is 4.74 Å². The van der Waals surface area contributed by atoms with Crippen molar-refractivity contribution < 1.29 is 22.8 Å². The Morgan fingerprint density at radius 3 is 2.46 bits per heavy atom. The Balaban J connectivity index is 2.00. The van der Waals surface area contributed by atoms with Crippen molar-refractivity contribution in [3.8, 4) is 5.75 Å². The number of amides is 1. The Morgan fingerprint density at radius 2 is 1.79 bits per heavy atom. The molecular formula is C16H16N2O5S. The second-order valence-corrected chi connectivity index (χ2v) is 6.46. The summed E-state index contributed by atoms with van der Waals surface area (Å²) in [6.45, 7) is 1.82. The van der Waals surface area contributed by atoms with E-state index >= 15 is 0 Å². The summed E-state index contributed by atoms with van der Waals surface area (Å²) in [4.78, 5) is 16.1. The lowest BCUT2D eigenvalue weighted by Gasteiger charge is -2.05. The van der Waals surface area contributed by atoms with Crippen molar-refractivity contribution in [3.05, 3.63) is 59.7 Å². The molecule has 0 fully saturated rings. The number of benzene rings is 2. The minimum Gasteiger partial charge on any atom is -0.496 e. The maximum absolute atomic E-state index is 12.0. The molecule has 1 amide bonds. The fourth-order valence-corrected chi connectivity index (χ4v) is 2.68. The van der Waals surface area contributed by atoms with Gasteiger partial charge in [-0.3, -0.25) is 4.84 Å². The maximum atomic E-state index is 12.0. The van der Waals surface area contributed by atoms with Crippen LogP contribution in [0.5, 0.6) is 5.75 Å². The van der Waals surface area contributed by atoms with Gasteiger partial charge in [-0.25, -0.2) is 17.9 Å². The molecule has 0 saturated carbocycles. The van der Waals surface area contributed by atoms with E-state index in [0.717, 1.165) is 5.56 Å². The zero-order chi connectivity index (χ0) is 17.6. The minimum absolute atomic E-state index is 0.0428. The number of aryl methyl sites for hydroxylation is 1. The standard InChI is InChI=1S/C16H16N2O5S/c1-12-7-9-14(10-8-12)24(20,21)18-16(19)23-17-11-13-5-3-4-6-15(13)22-2/h3-11H,1-2H3,(H,18,19). The molecule has 8 heteroatoms. The van der Waals surface area contributed by atoms with Gasteiger partial charge in [0.05, 0.1) is 18.2 Å². The third-order valence-corrected chi connectivity index (χ3v) is 4.34. The first-order valence-electron chi connectivity index (χ1n) is 6.89. The first kappa shape index (κ1) is 17.5. The summed E-state index contributed by atoms with van der Waals surface area (Å²) in [7, 11) is -2.51. The monoisotopic (exact) mass is 348 g/mol. The van der Waals surface area contributed by atoms with Gasteiger partial charge in [0.1, 0.15) is 5.75 Å². The van der Waals surface area contributed by atoms with Crippen LogP contribution in [-0.2, 0) is 14.9 Å². The zero-order valence-corrected chi connectivity index (χ0v) is 13.9. The van der Waals surface area contributed by atoms with Crippen LogP contribution in [0, 0.1) is 6.92 Å². The summed E-state index contributed by atoms with van der Waals surface area (Å²) in [5.74, 6) is 0.539. The molecule has 2 aromatic rings. The Labute approximate surface area is 139 Å². The van der Waals surface area contributed by atoms with E-state index in [0.29, 0.717) is 11.3 Å². The summed E-state index contributed by atoms with van der Waals surface area (Å²) in [6, 6.07) is 13.0. The highest BCUT2D eigenvalue weighted by Crippen LogP contribution is 2.14. The predicted octanol–water partition coefficient (Wildman–Crippen LogP) is 2.45. The van der Waals surface area contributed by atoms with Gasteiger partial charge in [0, 0.05) is 5.56 Å². The highest BCUT2D eigenvalue weighted by atomic mass is 32.2. The summed E-state index contributed by atoms with van der Waals surface area (Å²) in [5.41, 5.74) is 1.48. The molecule has 0 aliphatic heterocycles. The summed E-state index contributed by atoms with van der Waals surface area (Å²) < 4.78 is 30.9. The maximum Gasteiger partial charge on any atom is 0.447 e. The third kappa shape index (κ3) is 4.56. The molecule has 24 heavy (non-hydrogen) atoms. The predicted molar refractivity (Wildman–Crippen MR) is 88.6 cm³/mol. The third-order valence-electron chi connectivity index (χ3n) is 3.02. The van der Waals surface area contributed by atoms with Crippen LogP contribution >= 0.6 is 0 Å². The Hall–Kier alpha value is -2.87. The van der Waals surface area contributed by atoms with E-state index < -0.39 is 16.1 Å². The molecule has 2 rings (SSSR count). The van der Waals surface area contributed by atoms with Crippen molar-refractivity contribution in [3.63, 3.8) is 0 Å². The second kappa shape index (κ2) is 7.60. The van der Waals surface area contributed by atoms with Gasteiger partial charge in [-0.05, 0) is 31.2 Å². The fourth-order valence-electron chi connectivity index (χ4n) is 1.81. The topological polar surface area (TPSA) is 94.1 Å². The number of rotatable bonds is 5. The van der Waals surface area contributed by atoms with Gasteiger partial charge in [-0.15, -0.1) is 0 Å². The van der Waals surface area contributed by atoms with Gasteiger partial charge >= 0.3 is 6.09 Å². The van der Waals surface area contributed by atoms with Crippen molar-refractivity contribution in [1.82, 2.24) is 4.72 Å². The summed E-state index contributed by atoms with van der Waals surface area (Å²) in [6.07, 6.45) is 0.0402. The molecule has 0 aliphatic rings. The molecule has 0 aliphatic carbocycles. The van der Waals surface area contributed by atoms with Crippen molar-refractivity contribution >= 4 is 22.3 Å². The van der Waals surface area contributed by atoms with Crippen LogP contribution in [0.2, 0.25) is 0 Å². The van der Waals surface area contributed by atoms with E-state index in [2.05, 4.69) is 9.99 Å². The molecule has 0 unspecified atom stereocenters. The number of carbonyl (C=O) groups excluding carboxylic acids is 1. The summed E-state index contributed by atoms with van der Waals surface area (Å²) in [5, 5.41) is 3.46. The number of hydrogen-bond acceptors (Lipinski definition) is 6. The van der Waals surface area contributed by atoms with Crippen molar-refractivity contribution in [2.45, 2.75) is 11.8 Å². The molecule has 0 atom stereocenters. The average Bonchev–Trinajstić information content (AvgIpc) is 2.55. The smallest absolute Gasteiger partial charge is 0.447 e. The van der Waals surface area contributed by atoms with Crippen LogP contribution in [0.25, 0.3) is 0 Å². The van der Waals surface area contributed by atoms with Crippen LogP contribution in [0.1, 0.15) is 11.1 Å². The molecule has 1 N–H and O–H groups in total. The quantitative estimate of drug-likeness (QED) is 0.509. The highest BCUT2D eigenvalue weighted by molar-refractivity contribution is 7.90. The number of sulfonamides is 1. The lowest BCUT2D eigenvalue weighted by molar-refractivity contribution is 0.158. The fraction of sp³-hybridized carbons (Fsp3) is 0.125. The summed E-state index contributed by atoms with van der Waals surface area (Å²) >= 11 is 0. The molecule has 0 bridgehead atoms. The Morgan fingerprint density at radius 1 is 1.12 bits per heavy atom. The molecule has 0 radical (unpaired) electrons. The Kier molecular flexibility index (Phi) is 5.54. The molecule has 126 valence electrons. The van der Waals surface area contributed by atoms with E-state index in [1.165, 1.54) is 25.5 Å². The lowest BCUT2D eigenvalue weighted by Crippen LogP contribution is -2.30. The van der Waals surface area contributed by atoms with Crippen molar-refractivity contribution in [1.29, 1.82) is 0 Å². The number of oxime groups is 1. The number of hydrogen-bond donors (Lipinski definition) is 1. The van der Waals surface area contributed by atoms with E-state index in [9.17, 15) is 13.2 Å². The van der Waals surface area contributed by atoms with E-state index in [1.54, 1.807) is 41.1 Å². The SMILES string of the molecule is COc1ccccc1C=NOC(=O)NS(=O)(=O)c1ccc(C)cc1. The number of nitrogens with one attached hydrogen (secondary N) is 1. The van der Waals surface area contributed by atoms with Crippen LogP contribution in [0.4, 0.5) is 4.79 Å². The average molecular weight is 348 g/mol. The van der Waals surface area contributed by atoms with Crippen LogP contribution in [-0.4, -0.2) is 27.8 Å². The molecular weight excluding hydrogens is 332 g/mol. The lowest BCUT2D eigenvalue weighted by atomic mass is 10.2. The van der Waals surface area contributed by atoms with Crippen LogP contribution in [0.3, 0.4) is 0 Å². The number of nitrogens with zero attached hydrogens (tertiary/aromatic N) is 1. The van der Waals surface area contributed by atoms with Gasteiger partial charge in [0.2, 0.25) is 0 Å². The first-order chi connectivity index (χ1) is 11.4. The number of ether oxygens (including phenoxy) is 1. The minimum atomic E-state index is -4.01. The zero-order valence-electron chi connectivity index (χ0n) is 13.1. The van der Waals surface area contributed by atoms with Crippen molar-refractivity contribution in [2.75, 3.05) is 7.11 Å². The molecule has 2 aromatic carbocycles. The van der Waals surface area contributed by atoms with E-state index in [1.807, 2.05) is 6.92 Å². The largest absolute Gasteiger partial charge is 0.496 e. The Bertz CT molecular complexity index is 845. The molecule has 0 aromatic heterocycles. The van der Waals surface area contributed by atoms with Gasteiger partial charge in [0.25, 0.3) is 10.0 Å². The van der Waals surface area contributed by atoms with E-state index in [4.69, 9.17) is 4.74 Å². The first-order valence-corrected chi connectivity index (χ1v) is 8.37. The molecule has 0 heterocycles. The highest BCUT2D eigenvalue weighted by Gasteiger charge is 2.18. The van der Waals surface area contributed by atoms with Gasteiger partial charge in [-0.2, -0.15) is 0 Å². The molecule has 7 nitrogen and oxygen atoms in total. The van der Waals surface area contributed by atoms with Crippen LogP contribution in [0.15, 0.2) is 58.6 Å². The van der Waals surface area contributed by atoms with E-state index in [-0.39, 0.29) is 4.90 Å². The number of methoxy groups -OCH3 is 1. The van der Waals surface area contributed by atoms with Gasteiger partial charge in [-0.1, -0.05) is 35.0 Å². The normalized spacial score (nSPS) is 11.2. The molecule has 0 saturated heterocycles. The van der Waals surface area contributed by atoms with Gasteiger partial charge in [0.15, 0.2) is 0 Å². The second-order valence-electron chi connectivity index (χ2n) is 4.77. The number of para-hydroxylation sites is 1. The van der Waals surface area contributed by atoms with Crippen LogP contribution < -0.4 is 9.46 Å². The van der Waals surface area contributed by atoms with Crippen molar-refractivity contribution in [2.24, 2.45) is 5.16 Å². The molecule has 0 spiro atoms.